The lowest BCUT2D eigenvalue weighted by atomic mass is 9.84. The van der Waals surface area contributed by atoms with Gasteiger partial charge in [0.1, 0.15) is 0 Å². The van der Waals surface area contributed by atoms with Crippen LogP contribution in [0.25, 0.3) is 0 Å². The van der Waals surface area contributed by atoms with Crippen molar-refractivity contribution >= 4 is 28.8 Å². The summed E-state index contributed by atoms with van der Waals surface area (Å²) < 4.78 is 0. The molecule has 0 bridgehead atoms. The van der Waals surface area contributed by atoms with Gasteiger partial charge in [-0.2, -0.15) is 0 Å². The molecule has 0 amide bonds. The van der Waals surface area contributed by atoms with Gasteiger partial charge in [0.05, 0.1) is 20.4 Å². The molecular weight excluding hydrogens is 354 g/mol. The van der Waals surface area contributed by atoms with Crippen molar-refractivity contribution in [3.05, 3.63) is 79.4 Å². The molecule has 0 saturated carbocycles. The number of rotatable bonds is 4. The second kappa shape index (κ2) is 6.45. The van der Waals surface area contributed by atoms with Crippen LogP contribution >= 0.6 is 11.8 Å². The summed E-state index contributed by atoms with van der Waals surface area (Å²) in [6.45, 7) is 4.07. The van der Waals surface area contributed by atoms with Gasteiger partial charge >= 0.3 is 0 Å². The van der Waals surface area contributed by atoms with Gasteiger partial charge in [-0.25, -0.2) is 0 Å². The van der Waals surface area contributed by atoms with Gasteiger partial charge in [-0.05, 0) is 23.1 Å². The first-order valence-corrected chi connectivity index (χ1v) is 8.75. The van der Waals surface area contributed by atoms with Gasteiger partial charge in [-0.3, -0.25) is 20.2 Å². The van der Waals surface area contributed by atoms with Gasteiger partial charge in [0.15, 0.2) is 0 Å². The van der Waals surface area contributed by atoms with E-state index in [2.05, 4.69) is 0 Å². The van der Waals surface area contributed by atoms with Gasteiger partial charge in [0, 0.05) is 36.4 Å². The van der Waals surface area contributed by atoms with Crippen LogP contribution in [0.2, 0.25) is 0 Å². The molecule has 0 unspecified atom stereocenters. The summed E-state index contributed by atoms with van der Waals surface area (Å²) in [5.41, 5.74) is 2.42. The van der Waals surface area contributed by atoms with Crippen molar-refractivity contribution in [3.63, 3.8) is 0 Å². The van der Waals surface area contributed by atoms with Crippen LogP contribution in [0.4, 0.5) is 17.1 Å². The van der Waals surface area contributed by atoms with Crippen molar-refractivity contribution in [2.75, 3.05) is 11.9 Å². The lowest BCUT2D eigenvalue weighted by molar-refractivity contribution is -0.387. The zero-order valence-electron chi connectivity index (χ0n) is 14.5. The smallest absolute Gasteiger partial charge is 0.283 e. The first-order chi connectivity index (χ1) is 12.2. The maximum atomic E-state index is 11.2. The molecule has 8 heteroatoms. The molecule has 7 nitrogen and oxygen atoms in total. The third kappa shape index (κ3) is 2.92. The van der Waals surface area contributed by atoms with Crippen molar-refractivity contribution in [3.8, 4) is 0 Å². The molecule has 1 aliphatic rings. The minimum atomic E-state index is -0.412. The van der Waals surface area contributed by atoms with Crippen LogP contribution in [-0.2, 0) is 5.41 Å². The van der Waals surface area contributed by atoms with E-state index in [9.17, 15) is 20.2 Å². The molecule has 0 fully saturated rings. The summed E-state index contributed by atoms with van der Waals surface area (Å²) >= 11 is 1.28. The molecule has 134 valence electrons. The molecule has 2 aromatic rings. The normalized spacial score (nSPS) is 16.6. The van der Waals surface area contributed by atoms with Gasteiger partial charge in [0.2, 0.25) is 0 Å². The Morgan fingerprint density at radius 2 is 1.77 bits per heavy atom. The highest BCUT2D eigenvalue weighted by Crippen LogP contribution is 2.49. The number of hydrogen-bond donors (Lipinski definition) is 0. The number of nitro benzene ring substituents is 2. The number of nitro groups is 2. The Balaban J connectivity index is 2.00. The summed E-state index contributed by atoms with van der Waals surface area (Å²) in [6.07, 6.45) is 0. The molecule has 0 radical (unpaired) electrons. The number of likely N-dealkylation sites (N-methyl/N-ethyl adjacent to an activating group) is 1. The van der Waals surface area contributed by atoms with E-state index in [-0.39, 0.29) is 16.8 Å². The van der Waals surface area contributed by atoms with E-state index >= 15 is 0 Å². The fraction of sp³-hybridized carbons (Fsp3) is 0.222. The number of nitrogens with zero attached hydrogens (tertiary/aromatic N) is 3. The van der Waals surface area contributed by atoms with Crippen molar-refractivity contribution in [2.45, 2.75) is 24.2 Å². The second-order valence-electron chi connectivity index (χ2n) is 6.49. The minimum absolute atomic E-state index is 0.0407. The van der Waals surface area contributed by atoms with Crippen LogP contribution in [0.5, 0.6) is 0 Å². The fourth-order valence-corrected chi connectivity index (χ4v) is 4.29. The molecule has 0 atom stereocenters. The lowest BCUT2D eigenvalue weighted by Crippen LogP contribution is -2.22. The minimum Gasteiger partial charge on any atom is -0.346 e. The number of allylic oxidation sites excluding steroid dienone is 1. The monoisotopic (exact) mass is 371 g/mol. The number of fused-ring (bicyclic) bond motifs is 1. The van der Waals surface area contributed by atoms with Crippen LogP contribution in [-0.4, -0.2) is 16.9 Å². The number of para-hydroxylation sites is 1. The summed E-state index contributed by atoms with van der Waals surface area (Å²) in [5, 5.41) is 24.1. The van der Waals surface area contributed by atoms with Crippen LogP contribution < -0.4 is 4.90 Å². The maximum absolute atomic E-state index is 11.2. The average molecular weight is 371 g/mol. The standard InChI is InChI=1S/C18H17N3O4S/c1-18(2)13-9-8-12(20(22)23)10-15(13)19(3)17(18)11-26-16-7-5-4-6-14(16)21(24)25/h4-11H,1-3H3. The number of non-ortho nitro benzene ring substituents is 1. The predicted molar refractivity (Wildman–Crippen MR) is 102 cm³/mol. The summed E-state index contributed by atoms with van der Waals surface area (Å²) in [5.74, 6) is 0. The van der Waals surface area contributed by atoms with Gasteiger partial charge in [0.25, 0.3) is 11.4 Å². The van der Waals surface area contributed by atoms with Crippen molar-refractivity contribution in [2.24, 2.45) is 0 Å². The van der Waals surface area contributed by atoms with E-state index in [0.717, 1.165) is 16.9 Å². The summed E-state index contributed by atoms with van der Waals surface area (Å²) in [6, 6.07) is 11.4. The first kappa shape index (κ1) is 17.9. The molecule has 0 N–H and O–H groups in total. The van der Waals surface area contributed by atoms with Crippen LogP contribution in [0.3, 0.4) is 0 Å². The van der Waals surface area contributed by atoms with Gasteiger partial charge in [-0.15, -0.1) is 0 Å². The SMILES string of the molecule is CN1C(=CSc2ccccc2[N+](=O)[O-])C(C)(C)c2ccc([N+](=O)[O-])cc21. The predicted octanol–water partition coefficient (Wildman–Crippen LogP) is 4.86. The molecule has 2 aromatic carbocycles. The highest BCUT2D eigenvalue weighted by atomic mass is 32.2. The van der Waals surface area contributed by atoms with Crippen molar-refractivity contribution < 1.29 is 9.85 Å². The van der Waals surface area contributed by atoms with Crippen LogP contribution in [0, 0.1) is 20.2 Å². The summed E-state index contributed by atoms with van der Waals surface area (Å²) in [4.78, 5) is 23.9. The quantitative estimate of drug-likeness (QED) is 0.433. The topological polar surface area (TPSA) is 89.5 Å². The Morgan fingerprint density at radius 3 is 2.42 bits per heavy atom. The number of benzene rings is 2. The molecule has 3 rings (SSSR count). The molecule has 1 aliphatic heterocycles. The number of thioether (sulfide) groups is 1. The lowest BCUT2D eigenvalue weighted by Gasteiger charge is -2.23. The van der Waals surface area contributed by atoms with Crippen LogP contribution in [0.1, 0.15) is 19.4 Å². The third-order valence-corrected chi connectivity index (χ3v) is 5.53. The first-order valence-electron chi connectivity index (χ1n) is 7.87. The van der Waals surface area contributed by atoms with E-state index in [4.69, 9.17) is 0 Å². The van der Waals surface area contributed by atoms with E-state index in [0.29, 0.717) is 4.90 Å². The highest BCUT2D eigenvalue weighted by molar-refractivity contribution is 8.02. The molecule has 0 saturated heterocycles. The fourth-order valence-electron chi connectivity index (χ4n) is 3.18. The Kier molecular flexibility index (Phi) is 4.45. The molecule has 26 heavy (non-hydrogen) atoms. The number of anilines is 1. The number of hydrogen-bond acceptors (Lipinski definition) is 6. The van der Waals surface area contributed by atoms with Gasteiger partial charge in [-0.1, -0.05) is 37.7 Å². The molecule has 0 aromatic heterocycles. The Labute approximate surface area is 154 Å². The van der Waals surface area contributed by atoms with Crippen molar-refractivity contribution in [1.82, 2.24) is 0 Å². The largest absolute Gasteiger partial charge is 0.346 e. The Morgan fingerprint density at radius 1 is 1.08 bits per heavy atom. The van der Waals surface area contributed by atoms with E-state index in [1.165, 1.54) is 23.9 Å². The summed E-state index contributed by atoms with van der Waals surface area (Å²) in [7, 11) is 1.85. The van der Waals surface area contributed by atoms with Crippen LogP contribution in [0.15, 0.2) is 58.5 Å². The molecule has 0 spiro atoms. The molecule has 1 heterocycles. The molecule has 0 aliphatic carbocycles. The molecular formula is C18H17N3O4S. The zero-order valence-corrected chi connectivity index (χ0v) is 15.3. The van der Waals surface area contributed by atoms with E-state index in [1.54, 1.807) is 30.3 Å². The Bertz CT molecular complexity index is 940. The maximum Gasteiger partial charge on any atom is 0.283 e. The Hall–Kier alpha value is -2.87. The highest BCUT2D eigenvalue weighted by Gasteiger charge is 2.39. The third-order valence-electron chi connectivity index (χ3n) is 4.59. The second-order valence-corrected chi connectivity index (χ2v) is 7.40. The van der Waals surface area contributed by atoms with E-state index < -0.39 is 9.85 Å². The van der Waals surface area contributed by atoms with Crippen molar-refractivity contribution in [1.29, 1.82) is 0 Å². The van der Waals surface area contributed by atoms with Gasteiger partial charge < -0.3 is 4.90 Å². The zero-order chi connectivity index (χ0) is 19.1. The average Bonchev–Trinajstić information content (AvgIpc) is 2.79. The van der Waals surface area contributed by atoms with E-state index in [1.807, 2.05) is 31.2 Å².